The normalized spacial score (nSPS) is 12.1. The number of ketones is 2. The largest absolute Gasteiger partial charge is 0.496 e. The Kier molecular flexibility index (Phi) is 5.13. The molecule has 0 saturated carbocycles. The number of fused-ring (bicyclic) bond motifs is 2. The smallest absolute Gasteiger partial charge is 0.344 e. The molecule has 0 atom stereocenters. The van der Waals surface area contributed by atoms with E-state index in [0.717, 1.165) is 0 Å². The number of hydrogen-bond donors (Lipinski definition) is 0. The number of carbonyl (C=O) groups is 3. The molecule has 0 spiro atoms. The van der Waals surface area contributed by atoms with E-state index < -0.39 is 5.97 Å². The van der Waals surface area contributed by atoms with E-state index in [-0.39, 0.29) is 38.5 Å². The van der Waals surface area contributed by atoms with Gasteiger partial charge in [0, 0.05) is 44.9 Å². The Morgan fingerprint density at radius 3 is 1.93 bits per heavy atom. The molecule has 0 amide bonds. The van der Waals surface area contributed by atoms with E-state index in [2.05, 4.69) is 15.9 Å². The van der Waals surface area contributed by atoms with Crippen LogP contribution in [-0.2, 0) is 0 Å². The van der Waals surface area contributed by atoms with Gasteiger partial charge in [0.1, 0.15) is 17.2 Å². The molecule has 1 aliphatic carbocycles. The van der Waals surface area contributed by atoms with Crippen molar-refractivity contribution < 1.29 is 28.6 Å². The highest BCUT2D eigenvalue weighted by Crippen LogP contribution is 2.35. The van der Waals surface area contributed by atoms with Crippen molar-refractivity contribution in [3.05, 3.63) is 86.9 Å². The summed E-state index contributed by atoms with van der Waals surface area (Å²) < 4.78 is 16.0. The van der Waals surface area contributed by atoms with Gasteiger partial charge < -0.3 is 14.2 Å². The van der Waals surface area contributed by atoms with E-state index in [1.54, 1.807) is 30.3 Å². The molecule has 0 unspecified atom stereocenters. The predicted octanol–water partition coefficient (Wildman–Crippen LogP) is 4.46. The van der Waals surface area contributed by atoms with Crippen LogP contribution >= 0.6 is 15.9 Å². The first kappa shape index (κ1) is 19.8. The second-order valence-corrected chi connectivity index (χ2v) is 7.28. The van der Waals surface area contributed by atoms with Crippen molar-refractivity contribution in [2.24, 2.45) is 0 Å². The molecule has 0 fully saturated rings. The van der Waals surface area contributed by atoms with Crippen molar-refractivity contribution >= 4 is 33.5 Å². The zero-order chi connectivity index (χ0) is 21.4. The minimum absolute atomic E-state index is 0.121. The summed E-state index contributed by atoms with van der Waals surface area (Å²) in [6.07, 6.45) is 0. The Balaban J connectivity index is 1.73. The standard InChI is InChI=1S/C23H15BrO6/c1-28-12-9-13(29-2)11-14(10-12)30-23(27)18-8-7-17-19(20(18)24)22(26)16-6-4-3-5-15(16)21(17)25/h3-11H,1-2H3. The van der Waals surface area contributed by atoms with Crippen molar-refractivity contribution in [2.75, 3.05) is 14.2 Å². The molecule has 3 aromatic carbocycles. The molecule has 3 aromatic rings. The number of carbonyl (C=O) groups excluding carboxylic acids is 3. The molecular weight excluding hydrogens is 452 g/mol. The number of methoxy groups -OCH3 is 2. The maximum absolute atomic E-state index is 13.0. The lowest BCUT2D eigenvalue weighted by Gasteiger charge is -2.19. The maximum Gasteiger partial charge on any atom is 0.344 e. The number of rotatable bonds is 4. The lowest BCUT2D eigenvalue weighted by Crippen LogP contribution is -2.23. The Hall–Kier alpha value is -3.45. The topological polar surface area (TPSA) is 78.9 Å². The Labute approximate surface area is 180 Å². The molecule has 30 heavy (non-hydrogen) atoms. The van der Waals surface area contributed by atoms with Gasteiger partial charge in [-0.2, -0.15) is 0 Å². The van der Waals surface area contributed by atoms with Gasteiger partial charge in [-0.05, 0) is 28.1 Å². The van der Waals surface area contributed by atoms with Crippen LogP contribution in [0.3, 0.4) is 0 Å². The summed E-state index contributed by atoms with van der Waals surface area (Å²) >= 11 is 3.33. The van der Waals surface area contributed by atoms with E-state index >= 15 is 0 Å². The van der Waals surface area contributed by atoms with Gasteiger partial charge in [0.05, 0.1) is 19.8 Å². The molecule has 0 aliphatic heterocycles. The van der Waals surface area contributed by atoms with E-state index in [0.29, 0.717) is 22.6 Å². The number of ether oxygens (including phenoxy) is 3. The molecular formula is C23H15BrO6. The Morgan fingerprint density at radius 1 is 0.767 bits per heavy atom. The molecule has 0 saturated heterocycles. The highest BCUT2D eigenvalue weighted by Gasteiger charge is 2.33. The number of esters is 1. The second-order valence-electron chi connectivity index (χ2n) is 6.49. The molecule has 0 radical (unpaired) electrons. The molecule has 0 N–H and O–H groups in total. The monoisotopic (exact) mass is 466 g/mol. The summed E-state index contributed by atoms with van der Waals surface area (Å²) in [7, 11) is 2.97. The fourth-order valence-electron chi connectivity index (χ4n) is 3.31. The van der Waals surface area contributed by atoms with Crippen LogP contribution in [-0.4, -0.2) is 31.8 Å². The minimum Gasteiger partial charge on any atom is -0.496 e. The van der Waals surface area contributed by atoms with Gasteiger partial charge in [-0.15, -0.1) is 0 Å². The average molecular weight is 467 g/mol. The fourth-order valence-corrected chi connectivity index (χ4v) is 3.99. The summed E-state index contributed by atoms with van der Waals surface area (Å²) in [6, 6.07) is 14.3. The highest BCUT2D eigenvalue weighted by molar-refractivity contribution is 9.10. The lowest BCUT2D eigenvalue weighted by molar-refractivity contribution is 0.0732. The lowest BCUT2D eigenvalue weighted by atomic mass is 9.83. The van der Waals surface area contributed by atoms with E-state index in [1.165, 1.54) is 38.5 Å². The van der Waals surface area contributed by atoms with Gasteiger partial charge in [-0.1, -0.05) is 24.3 Å². The first-order chi connectivity index (χ1) is 14.4. The first-order valence-corrected chi connectivity index (χ1v) is 9.70. The molecule has 150 valence electrons. The Bertz CT molecular complexity index is 1190. The zero-order valence-corrected chi connectivity index (χ0v) is 17.6. The van der Waals surface area contributed by atoms with Crippen molar-refractivity contribution in [2.45, 2.75) is 0 Å². The third-order valence-corrected chi connectivity index (χ3v) is 5.61. The van der Waals surface area contributed by atoms with Crippen molar-refractivity contribution in [1.82, 2.24) is 0 Å². The maximum atomic E-state index is 13.0. The summed E-state index contributed by atoms with van der Waals surface area (Å²) in [6.45, 7) is 0. The quantitative estimate of drug-likeness (QED) is 0.326. The molecule has 0 heterocycles. The summed E-state index contributed by atoms with van der Waals surface area (Å²) in [5, 5.41) is 0. The van der Waals surface area contributed by atoms with Crippen LogP contribution in [0.25, 0.3) is 0 Å². The number of benzene rings is 3. The summed E-state index contributed by atoms with van der Waals surface area (Å²) in [5.74, 6) is -0.158. The van der Waals surface area contributed by atoms with Crippen LogP contribution in [0, 0.1) is 0 Å². The number of halogens is 1. The predicted molar refractivity (Wildman–Crippen MR) is 112 cm³/mol. The van der Waals surface area contributed by atoms with Crippen LogP contribution in [0.5, 0.6) is 17.2 Å². The van der Waals surface area contributed by atoms with Gasteiger partial charge >= 0.3 is 5.97 Å². The summed E-state index contributed by atoms with van der Waals surface area (Å²) in [4.78, 5) is 38.6. The van der Waals surface area contributed by atoms with Crippen LogP contribution in [0.2, 0.25) is 0 Å². The van der Waals surface area contributed by atoms with Gasteiger partial charge in [-0.25, -0.2) is 4.79 Å². The molecule has 1 aliphatic rings. The second kappa shape index (κ2) is 7.76. The average Bonchev–Trinajstić information content (AvgIpc) is 2.76. The third kappa shape index (κ3) is 3.27. The highest BCUT2D eigenvalue weighted by atomic mass is 79.9. The van der Waals surface area contributed by atoms with Crippen LogP contribution < -0.4 is 14.2 Å². The van der Waals surface area contributed by atoms with Crippen molar-refractivity contribution in [3.8, 4) is 17.2 Å². The van der Waals surface area contributed by atoms with Crippen molar-refractivity contribution in [1.29, 1.82) is 0 Å². The van der Waals surface area contributed by atoms with Gasteiger partial charge in [0.15, 0.2) is 11.6 Å². The third-order valence-electron chi connectivity index (χ3n) is 4.79. The zero-order valence-electron chi connectivity index (χ0n) is 16.0. The van der Waals surface area contributed by atoms with Gasteiger partial charge in [-0.3, -0.25) is 9.59 Å². The van der Waals surface area contributed by atoms with Crippen LogP contribution in [0.15, 0.2) is 59.1 Å². The minimum atomic E-state index is -0.695. The fraction of sp³-hybridized carbons (Fsp3) is 0.0870. The number of hydrogen-bond acceptors (Lipinski definition) is 6. The van der Waals surface area contributed by atoms with Crippen LogP contribution in [0.4, 0.5) is 0 Å². The van der Waals surface area contributed by atoms with Gasteiger partial charge in [0.2, 0.25) is 0 Å². The molecule has 4 rings (SSSR count). The van der Waals surface area contributed by atoms with E-state index in [4.69, 9.17) is 14.2 Å². The van der Waals surface area contributed by atoms with E-state index in [1.807, 2.05) is 0 Å². The molecule has 7 heteroatoms. The van der Waals surface area contributed by atoms with Crippen LogP contribution in [0.1, 0.15) is 42.2 Å². The Morgan fingerprint density at radius 2 is 1.33 bits per heavy atom. The summed E-state index contributed by atoms with van der Waals surface area (Å²) in [5.41, 5.74) is 1.16. The van der Waals surface area contributed by atoms with E-state index in [9.17, 15) is 14.4 Å². The molecule has 6 nitrogen and oxygen atoms in total. The first-order valence-electron chi connectivity index (χ1n) is 8.90. The van der Waals surface area contributed by atoms with Gasteiger partial charge in [0.25, 0.3) is 0 Å². The van der Waals surface area contributed by atoms with Crippen molar-refractivity contribution in [3.63, 3.8) is 0 Å². The molecule has 0 bridgehead atoms. The molecule has 0 aromatic heterocycles. The SMILES string of the molecule is COc1cc(OC)cc(OC(=O)c2ccc3c(c2Br)C(=O)c2ccccc2C3=O)c1.